The number of nitrogens with zero attached hydrogens (tertiary/aromatic N) is 1. The largest absolute Gasteiger partial charge is 0.326 e. The van der Waals surface area contributed by atoms with Gasteiger partial charge in [-0.15, -0.1) is 0 Å². The summed E-state index contributed by atoms with van der Waals surface area (Å²) in [6.07, 6.45) is 0. The van der Waals surface area contributed by atoms with E-state index in [4.69, 9.17) is 5.73 Å². The first kappa shape index (κ1) is 6.76. The van der Waals surface area contributed by atoms with E-state index in [0.29, 0.717) is 6.54 Å². The molecule has 3 heteroatoms. The minimum atomic E-state index is 0.603. The third-order valence-corrected chi connectivity index (χ3v) is 2.32. The Morgan fingerprint density at radius 2 is 2.36 bits per heavy atom. The van der Waals surface area contributed by atoms with Gasteiger partial charge in [-0.3, -0.25) is 0 Å². The number of hydrogen-bond donors (Lipinski definition) is 1. The molecule has 1 aromatic carbocycles. The lowest BCUT2D eigenvalue weighted by Crippen LogP contribution is -1.94. The molecule has 2 N–H and O–H groups in total. The second kappa shape index (κ2) is 2.60. The van der Waals surface area contributed by atoms with Crippen LogP contribution < -0.4 is 5.73 Å². The van der Waals surface area contributed by atoms with Crippen molar-refractivity contribution in [1.82, 2.24) is 4.37 Å². The van der Waals surface area contributed by atoms with Gasteiger partial charge in [-0.1, -0.05) is 6.07 Å². The first-order valence-corrected chi connectivity index (χ1v) is 4.27. The fraction of sp³-hybridized carbons (Fsp3) is 0.125. The number of benzene rings is 1. The van der Waals surface area contributed by atoms with Crippen LogP contribution in [0.2, 0.25) is 0 Å². The number of rotatable bonds is 1. The molecular weight excluding hydrogens is 156 g/mol. The van der Waals surface area contributed by atoms with Gasteiger partial charge in [0.1, 0.15) is 0 Å². The molecule has 0 radical (unpaired) electrons. The van der Waals surface area contributed by atoms with Crippen LogP contribution in [0, 0.1) is 0 Å². The summed E-state index contributed by atoms with van der Waals surface area (Å²) in [5, 5.41) is 3.23. The normalized spacial score (nSPS) is 10.6. The molecule has 11 heavy (non-hydrogen) atoms. The van der Waals surface area contributed by atoms with Crippen molar-refractivity contribution in [3.63, 3.8) is 0 Å². The van der Waals surface area contributed by atoms with E-state index in [2.05, 4.69) is 10.4 Å². The molecule has 0 amide bonds. The molecule has 0 bridgehead atoms. The predicted molar refractivity (Wildman–Crippen MR) is 47.5 cm³/mol. The molecule has 0 atom stereocenters. The van der Waals surface area contributed by atoms with Gasteiger partial charge in [0.05, 0.1) is 5.52 Å². The summed E-state index contributed by atoms with van der Waals surface area (Å²) in [5.41, 5.74) is 7.72. The van der Waals surface area contributed by atoms with Gasteiger partial charge in [-0.05, 0) is 29.2 Å². The molecule has 1 aromatic heterocycles. The Morgan fingerprint density at radius 1 is 1.45 bits per heavy atom. The summed E-state index contributed by atoms with van der Waals surface area (Å²) >= 11 is 1.48. The van der Waals surface area contributed by atoms with Gasteiger partial charge in [0.2, 0.25) is 0 Å². The lowest BCUT2D eigenvalue weighted by molar-refractivity contribution is 1.08. The van der Waals surface area contributed by atoms with Crippen LogP contribution in [0.15, 0.2) is 23.6 Å². The van der Waals surface area contributed by atoms with E-state index in [1.54, 1.807) is 0 Å². The average Bonchev–Trinajstić information content (AvgIpc) is 2.50. The lowest BCUT2D eigenvalue weighted by Gasteiger charge is -1.93. The van der Waals surface area contributed by atoms with E-state index in [1.165, 1.54) is 16.9 Å². The molecule has 2 rings (SSSR count). The molecule has 0 saturated carbocycles. The molecule has 0 saturated heterocycles. The van der Waals surface area contributed by atoms with Crippen LogP contribution in [0.25, 0.3) is 10.9 Å². The highest BCUT2D eigenvalue weighted by atomic mass is 32.1. The van der Waals surface area contributed by atoms with E-state index in [-0.39, 0.29) is 0 Å². The van der Waals surface area contributed by atoms with Gasteiger partial charge in [0.15, 0.2) is 0 Å². The molecule has 1 heterocycles. The van der Waals surface area contributed by atoms with Crippen molar-refractivity contribution in [3.05, 3.63) is 29.1 Å². The molecule has 0 aliphatic rings. The maximum absolute atomic E-state index is 5.49. The highest BCUT2D eigenvalue weighted by Gasteiger charge is 1.95. The Kier molecular flexibility index (Phi) is 1.60. The van der Waals surface area contributed by atoms with Gasteiger partial charge >= 0.3 is 0 Å². The van der Waals surface area contributed by atoms with Crippen LogP contribution in [-0.2, 0) is 6.54 Å². The molecule has 0 spiro atoms. The Labute approximate surface area is 68.8 Å². The second-order valence-corrected chi connectivity index (χ2v) is 3.04. The van der Waals surface area contributed by atoms with E-state index in [0.717, 1.165) is 11.1 Å². The topological polar surface area (TPSA) is 38.9 Å². The van der Waals surface area contributed by atoms with Gasteiger partial charge < -0.3 is 5.73 Å². The summed E-state index contributed by atoms with van der Waals surface area (Å²) in [6.45, 7) is 0.603. The fourth-order valence-electron chi connectivity index (χ4n) is 1.05. The lowest BCUT2D eigenvalue weighted by atomic mass is 10.2. The monoisotopic (exact) mass is 164 g/mol. The van der Waals surface area contributed by atoms with Crippen molar-refractivity contribution < 1.29 is 0 Å². The van der Waals surface area contributed by atoms with Gasteiger partial charge in [-0.25, -0.2) is 0 Å². The molecular formula is C8H8N2S. The maximum Gasteiger partial charge on any atom is 0.0840 e. The van der Waals surface area contributed by atoms with Crippen LogP contribution in [-0.4, -0.2) is 4.37 Å². The summed E-state index contributed by atoms with van der Waals surface area (Å²) in [6, 6.07) is 6.11. The maximum atomic E-state index is 5.49. The fourth-order valence-corrected chi connectivity index (χ4v) is 1.68. The van der Waals surface area contributed by atoms with E-state index in [9.17, 15) is 0 Å². The Balaban J connectivity index is 2.67. The Hall–Kier alpha value is -0.930. The molecule has 2 aromatic rings. The van der Waals surface area contributed by atoms with Crippen LogP contribution in [0.4, 0.5) is 0 Å². The molecule has 0 aliphatic carbocycles. The highest BCUT2D eigenvalue weighted by molar-refractivity contribution is 7.04. The first-order valence-electron chi connectivity index (χ1n) is 3.43. The van der Waals surface area contributed by atoms with Crippen molar-refractivity contribution in [2.45, 2.75) is 6.54 Å². The summed E-state index contributed by atoms with van der Waals surface area (Å²) < 4.78 is 4.19. The minimum Gasteiger partial charge on any atom is -0.326 e. The van der Waals surface area contributed by atoms with Crippen molar-refractivity contribution >= 4 is 22.4 Å². The molecule has 0 aliphatic heterocycles. The third-order valence-electron chi connectivity index (χ3n) is 1.66. The average molecular weight is 164 g/mol. The van der Waals surface area contributed by atoms with Crippen LogP contribution >= 0.6 is 11.5 Å². The second-order valence-electron chi connectivity index (χ2n) is 2.41. The number of hydrogen-bond acceptors (Lipinski definition) is 3. The summed E-state index contributed by atoms with van der Waals surface area (Å²) in [5.74, 6) is 0. The zero-order valence-corrected chi connectivity index (χ0v) is 6.77. The molecule has 0 fully saturated rings. The first-order chi connectivity index (χ1) is 5.40. The smallest absolute Gasteiger partial charge is 0.0840 e. The zero-order chi connectivity index (χ0) is 7.68. The van der Waals surface area contributed by atoms with Crippen LogP contribution in [0.1, 0.15) is 5.56 Å². The highest BCUT2D eigenvalue weighted by Crippen LogP contribution is 2.16. The van der Waals surface area contributed by atoms with Gasteiger partial charge in [0, 0.05) is 17.3 Å². The van der Waals surface area contributed by atoms with Gasteiger partial charge in [0.25, 0.3) is 0 Å². The van der Waals surface area contributed by atoms with Gasteiger partial charge in [-0.2, -0.15) is 4.37 Å². The Bertz CT molecular complexity index is 367. The number of nitrogens with two attached hydrogens (primary N) is 1. The van der Waals surface area contributed by atoms with Crippen molar-refractivity contribution in [1.29, 1.82) is 0 Å². The number of aromatic nitrogens is 1. The number of fused-ring (bicyclic) bond motifs is 1. The van der Waals surface area contributed by atoms with Crippen molar-refractivity contribution in [2.75, 3.05) is 0 Å². The minimum absolute atomic E-state index is 0.603. The molecule has 0 unspecified atom stereocenters. The van der Waals surface area contributed by atoms with E-state index in [1.807, 2.05) is 17.5 Å². The van der Waals surface area contributed by atoms with E-state index >= 15 is 0 Å². The van der Waals surface area contributed by atoms with Crippen molar-refractivity contribution in [3.8, 4) is 0 Å². The zero-order valence-electron chi connectivity index (χ0n) is 5.95. The summed E-state index contributed by atoms with van der Waals surface area (Å²) in [7, 11) is 0. The molecule has 2 nitrogen and oxygen atoms in total. The predicted octanol–water partition coefficient (Wildman–Crippen LogP) is 1.75. The molecule has 56 valence electrons. The van der Waals surface area contributed by atoms with Crippen LogP contribution in [0.3, 0.4) is 0 Å². The standard InChI is InChI=1S/C8H8N2S/c9-4-6-1-2-8-7(3-6)5-11-10-8/h1-3,5H,4,9H2. The Morgan fingerprint density at radius 3 is 3.18 bits per heavy atom. The quantitative estimate of drug-likeness (QED) is 0.697. The van der Waals surface area contributed by atoms with Crippen LogP contribution in [0.5, 0.6) is 0 Å². The van der Waals surface area contributed by atoms with E-state index < -0.39 is 0 Å². The SMILES string of the molecule is NCc1ccc2nscc2c1. The van der Waals surface area contributed by atoms with Crippen molar-refractivity contribution in [2.24, 2.45) is 5.73 Å². The summed E-state index contributed by atoms with van der Waals surface area (Å²) in [4.78, 5) is 0. The third kappa shape index (κ3) is 1.13.